The number of likely N-dealkylation sites (tertiary alicyclic amines) is 1. The largest absolute Gasteiger partial charge is 0.380 e. The fourth-order valence-corrected chi connectivity index (χ4v) is 10.6. The maximum absolute atomic E-state index is 13.9. The molecular formula is C39H45N5O6S. The number of nitrogens with two attached hydrogens (primary N) is 1. The first-order valence-corrected chi connectivity index (χ1v) is 19.7. The van der Waals surface area contributed by atoms with E-state index in [2.05, 4.69) is 28.8 Å². The van der Waals surface area contributed by atoms with Crippen LogP contribution in [0.4, 0.5) is 5.69 Å². The highest BCUT2D eigenvalue weighted by Gasteiger charge is 2.61. The Balaban J connectivity index is 1.01. The number of rotatable bonds is 5. The van der Waals surface area contributed by atoms with Crippen molar-refractivity contribution in [2.75, 3.05) is 37.6 Å². The number of benzene rings is 2. The summed E-state index contributed by atoms with van der Waals surface area (Å²) in [6.07, 6.45) is 12.1. The van der Waals surface area contributed by atoms with E-state index in [9.17, 15) is 23.1 Å². The van der Waals surface area contributed by atoms with Gasteiger partial charge in [0, 0.05) is 43.5 Å². The summed E-state index contributed by atoms with van der Waals surface area (Å²) < 4.78 is 29.9. The number of hydrogen-bond acceptors (Lipinski definition) is 8. The maximum Gasteiger partial charge on any atom is 0.380 e. The molecule has 2 saturated heterocycles. The highest BCUT2D eigenvalue weighted by atomic mass is 32.2. The topological polar surface area (TPSA) is 146 Å². The van der Waals surface area contributed by atoms with E-state index in [1.54, 1.807) is 11.0 Å². The fraction of sp³-hybridized carbons (Fsp3) is 0.513. The molecule has 0 bridgehead atoms. The molecule has 2 aliphatic heterocycles. The molecule has 5 aliphatic rings. The number of hydrogen-bond donors (Lipinski definition) is 2. The van der Waals surface area contributed by atoms with Crippen LogP contribution in [0.15, 0.2) is 48.5 Å². The van der Waals surface area contributed by atoms with E-state index < -0.39 is 21.9 Å². The van der Waals surface area contributed by atoms with Crippen LogP contribution in [0.5, 0.6) is 5.75 Å². The molecule has 51 heavy (non-hydrogen) atoms. The quantitative estimate of drug-likeness (QED) is 0.378. The molecule has 0 spiro atoms. The number of anilines is 1. The van der Waals surface area contributed by atoms with Crippen molar-refractivity contribution in [3.63, 3.8) is 0 Å². The van der Waals surface area contributed by atoms with E-state index in [0.717, 1.165) is 55.0 Å². The third-order valence-corrected chi connectivity index (χ3v) is 13.4. The first-order chi connectivity index (χ1) is 24.4. The molecule has 3 aliphatic carbocycles. The Labute approximate surface area is 299 Å². The van der Waals surface area contributed by atoms with E-state index in [4.69, 9.17) is 15.7 Å². The Morgan fingerprint density at radius 3 is 2.57 bits per heavy atom. The second kappa shape index (κ2) is 12.5. The van der Waals surface area contributed by atoms with E-state index >= 15 is 0 Å². The standard InChI is InChI=1S/C39H45N5O6S/c1-3-39(47)17-15-30-28-12-10-26-23-35(50-51(40,48)49)34(24-29(26)27(28)14-16-38(30,39)2)42-19-21-43(22-20-42)37(46)33-9-6-18-44(33)36(45)32-13-11-25-7-4-5-8-31(25)41-32/h1,4-5,7-8,11,13,23-24,27-28,30,33,47H,6,9-10,12,14-22H2,2H3,(H2,40,48,49)/t27-,28+,30-,33-,38-,39-/m0/s1. The molecule has 3 N–H and O–H groups in total. The number of amides is 2. The van der Waals surface area contributed by atoms with Crippen LogP contribution in [0, 0.1) is 29.6 Å². The lowest BCUT2D eigenvalue weighted by Gasteiger charge is -2.52. The van der Waals surface area contributed by atoms with Gasteiger partial charge in [-0.15, -0.1) is 6.42 Å². The molecule has 12 heteroatoms. The van der Waals surface area contributed by atoms with Gasteiger partial charge in [-0.3, -0.25) is 9.59 Å². The number of aliphatic hydroxyl groups is 1. The van der Waals surface area contributed by atoms with Crippen LogP contribution in [-0.2, 0) is 21.5 Å². The lowest BCUT2D eigenvalue weighted by molar-refractivity contribution is -0.135. The van der Waals surface area contributed by atoms with E-state index in [1.165, 1.54) is 5.56 Å². The number of nitrogens with zero attached hydrogens (tertiary/aromatic N) is 4. The lowest BCUT2D eigenvalue weighted by atomic mass is 9.53. The number of carbonyl (C=O) groups excluding carboxylic acids is 2. The van der Waals surface area contributed by atoms with Crippen molar-refractivity contribution in [2.24, 2.45) is 22.4 Å². The van der Waals surface area contributed by atoms with Gasteiger partial charge < -0.3 is 24.0 Å². The highest BCUT2D eigenvalue weighted by molar-refractivity contribution is 7.84. The number of carbonyl (C=O) groups is 2. The zero-order chi connectivity index (χ0) is 35.7. The monoisotopic (exact) mass is 711 g/mol. The third kappa shape index (κ3) is 5.74. The molecular weight excluding hydrogens is 667 g/mol. The van der Waals surface area contributed by atoms with Gasteiger partial charge in [0.1, 0.15) is 17.3 Å². The summed E-state index contributed by atoms with van der Waals surface area (Å²) >= 11 is 0. The molecule has 8 rings (SSSR count). The summed E-state index contributed by atoms with van der Waals surface area (Å²) in [4.78, 5) is 37.7. The first kappa shape index (κ1) is 33.9. The van der Waals surface area contributed by atoms with Crippen molar-refractivity contribution in [1.29, 1.82) is 0 Å². The van der Waals surface area contributed by atoms with Crippen molar-refractivity contribution in [2.45, 2.75) is 75.9 Å². The highest BCUT2D eigenvalue weighted by Crippen LogP contribution is 2.64. The van der Waals surface area contributed by atoms with Gasteiger partial charge in [0.15, 0.2) is 5.75 Å². The van der Waals surface area contributed by atoms with E-state index in [0.29, 0.717) is 68.8 Å². The molecule has 2 amide bonds. The molecule has 0 unspecified atom stereocenters. The average molecular weight is 712 g/mol. The number of fused-ring (bicyclic) bond motifs is 6. The van der Waals surface area contributed by atoms with Crippen LogP contribution in [0.3, 0.4) is 0 Å². The number of piperazine rings is 1. The Morgan fingerprint density at radius 2 is 1.80 bits per heavy atom. The van der Waals surface area contributed by atoms with Crippen LogP contribution in [-0.4, -0.2) is 84.5 Å². The summed E-state index contributed by atoms with van der Waals surface area (Å²) in [7, 11) is -4.29. The Morgan fingerprint density at radius 1 is 1.02 bits per heavy atom. The van der Waals surface area contributed by atoms with Crippen LogP contribution in [0.1, 0.15) is 79.4 Å². The summed E-state index contributed by atoms with van der Waals surface area (Å²) in [5.74, 6) is 3.56. The second-order valence-corrected chi connectivity index (χ2v) is 16.5. The molecule has 4 fully saturated rings. The predicted molar refractivity (Wildman–Crippen MR) is 193 cm³/mol. The van der Waals surface area contributed by atoms with Crippen molar-refractivity contribution < 1.29 is 27.3 Å². The van der Waals surface area contributed by atoms with Crippen LogP contribution < -0.4 is 14.2 Å². The number of aromatic nitrogens is 1. The normalized spacial score (nSPS) is 30.4. The molecule has 3 heterocycles. The minimum atomic E-state index is -4.29. The molecule has 2 aromatic carbocycles. The zero-order valence-electron chi connectivity index (χ0n) is 29.0. The lowest BCUT2D eigenvalue weighted by Crippen LogP contribution is -2.54. The van der Waals surface area contributed by atoms with E-state index in [1.807, 2.05) is 41.3 Å². The van der Waals surface area contributed by atoms with Crippen molar-refractivity contribution in [3.8, 4) is 18.1 Å². The molecule has 6 atom stereocenters. The Bertz CT molecular complexity index is 2060. The van der Waals surface area contributed by atoms with Crippen molar-refractivity contribution in [1.82, 2.24) is 14.8 Å². The van der Waals surface area contributed by atoms with Gasteiger partial charge in [-0.1, -0.05) is 37.1 Å². The summed E-state index contributed by atoms with van der Waals surface area (Å²) in [5.41, 5.74) is 2.56. The third-order valence-electron chi connectivity index (χ3n) is 12.9. The first-order valence-electron chi connectivity index (χ1n) is 18.2. The van der Waals surface area contributed by atoms with Gasteiger partial charge in [0.2, 0.25) is 5.91 Å². The van der Waals surface area contributed by atoms with Crippen LogP contribution >= 0.6 is 0 Å². The van der Waals surface area contributed by atoms with Gasteiger partial charge in [-0.2, -0.15) is 13.6 Å². The molecule has 2 saturated carbocycles. The molecule has 1 aromatic heterocycles. The molecule has 0 radical (unpaired) electrons. The van der Waals surface area contributed by atoms with E-state index in [-0.39, 0.29) is 28.9 Å². The minimum Gasteiger partial charge on any atom is -0.377 e. The summed E-state index contributed by atoms with van der Waals surface area (Å²) in [5, 5.41) is 17.7. The predicted octanol–water partition coefficient (Wildman–Crippen LogP) is 3.99. The Kier molecular flexibility index (Phi) is 8.32. The Hall–Kier alpha value is -4.18. The van der Waals surface area contributed by atoms with Gasteiger partial charge in [-0.25, -0.2) is 4.98 Å². The maximum atomic E-state index is 13.9. The van der Waals surface area contributed by atoms with Gasteiger partial charge in [0.05, 0.1) is 11.2 Å². The van der Waals surface area contributed by atoms with Crippen molar-refractivity contribution in [3.05, 3.63) is 65.4 Å². The van der Waals surface area contributed by atoms with Gasteiger partial charge >= 0.3 is 10.3 Å². The van der Waals surface area contributed by atoms with Crippen LogP contribution in [0.25, 0.3) is 10.9 Å². The number of para-hydroxylation sites is 1. The molecule has 268 valence electrons. The SMILES string of the molecule is C#C[C@]1(O)CC[C@H]2[C@@H]3CCc4cc(OS(N)(=O)=O)c(N5CCN(C(=O)[C@@H]6CCCN6C(=O)c6ccc7ccccc7n6)CC5)cc4[C@H]3CC[C@@]21C. The smallest absolute Gasteiger partial charge is 0.377 e. The minimum absolute atomic E-state index is 0.0793. The number of terminal acetylenes is 1. The average Bonchev–Trinajstić information content (AvgIpc) is 3.72. The molecule has 11 nitrogen and oxygen atoms in total. The van der Waals surface area contributed by atoms with Gasteiger partial charge in [0.25, 0.3) is 5.91 Å². The summed E-state index contributed by atoms with van der Waals surface area (Å²) in [6, 6.07) is 14.6. The zero-order valence-corrected chi connectivity index (χ0v) is 29.8. The number of aryl methyl sites for hydroxylation is 1. The fourth-order valence-electron chi connectivity index (χ4n) is 10.3. The molecule has 3 aromatic rings. The second-order valence-electron chi connectivity index (χ2n) is 15.4. The summed E-state index contributed by atoms with van der Waals surface area (Å²) in [6.45, 7) is 4.40. The van der Waals surface area contributed by atoms with Crippen molar-refractivity contribution >= 4 is 38.7 Å². The van der Waals surface area contributed by atoms with Gasteiger partial charge in [-0.05, 0) is 105 Å². The van der Waals surface area contributed by atoms with Crippen LogP contribution in [0.2, 0.25) is 0 Å². The number of pyridine rings is 1.